The first-order chi connectivity index (χ1) is 8.65. The van der Waals surface area contributed by atoms with Crippen molar-refractivity contribution >= 4 is 5.91 Å². The lowest BCUT2D eigenvalue weighted by Crippen LogP contribution is -2.46. The van der Waals surface area contributed by atoms with E-state index >= 15 is 0 Å². The summed E-state index contributed by atoms with van der Waals surface area (Å²) in [5.74, 6) is 0.254. The van der Waals surface area contributed by atoms with Gasteiger partial charge in [0.2, 0.25) is 5.91 Å². The number of amides is 1. The Hall–Kier alpha value is -0.610. The molecule has 1 aliphatic rings. The summed E-state index contributed by atoms with van der Waals surface area (Å²) in [6, 6.07) is 0.484. The molecule has 18 heavy (non-hydrogen) atoms. The maximum absolute atomic E-state index is 12.3. The van der Waals surface area contributed by atoms with E-state index in [0.717, 1.165) is 26.1 Å². The molecule has 4 heteroatoms. The largest absolute Gasteiger partial charge is 0.378 e. The van der Waals surface area contributed by atoms with Gasteiger partial charge in [-0.1, -0.05) is 19.8 Å². The van der Waals surface area contributed by atoms with Crippen molar-refractivity contribution in [2.24, 2.45) is 0 Å². The molecule has 1 fully saturated rings. The van der Waals surface area contributed by atoms with Gasteiger partial charge < -0.3 is 15.0 Å². The maximum Gasteiger partial charge on any atom is 0.224 e. The van der Waals surface area contributed by atoms with Crippen molar-refractivity contribution in [3.63, 3.8) is 0 Å². The Bertz CT molecular complexity index is 238. The number of carbonyl (C=O) groups excluding carboxylic acids is 1. The van der Waals surface area contributed by atoms with Gasteiger partial charge in [0.25, 0.3) is 0 Å². The zero-order valence-corrected chi connectivity index (χ0v) is 12.1. The van der Waals surface area contributed by atoms with E-state index in [4.69, 9.17) is 4.74 Å². The summed E-state index contributed by atoms with van der Waals surface area (Å²) in [6.45, 7) is 9.53. The van der Waals surface area contributed by atoms with Crippen LogP contribution in [0.3, 0.4) is 0 Å². The highest BCUT2D eigenvalue weighted by Gasteiger charge is 2.22. The van der Waals surface area contributed by atoms with E-state index in [1.54, 1.807) is 0 Å². The Morgan fingerprint density at radius 2 is 2.22 bits per heavy atom. The summed E-state index contributed by atoms with van der Waals surface area (Å²) < 4.78 is 5.39. The average molecular weight is 256 g/mol. The summed E-state index contributed by atoms with van der Waals surface area (Å²) in [7, 11) is 0. The van der Waals surface area contributed by atoms with E-state index < -0.39 is 0 Å². The smallest absolute Gasteiger partial charge is 0.224 e. The molecule has 0 aromatic heterocycles. The highest BCUT2D eigenvalue weighted by atomic mass is 16.5. The molecule has 0 aliphatic carbocycles. The summed E-state index contributed by atoms with van der Waals surface area (Å²) >= 11 is 0. The van der Waals surface area contributed by atoms with Crippen LogP contribution in [-0.2, 0) is 9.53 Å². The van der Waals surface area contributed by atoms with Gasteiger partial charge in [-0.05, 0) is 20.3 Å². The number of nitrogens with one attached hydrogen (secondary N) is 1. The van der Waals surface area contributed by atoms with Gasteiger partial charge in [0.15, 0.2) is 0 Å². The summed E-state index contributed by atoms with van der Waals surface area (Å²) in [5, 5.41) is 3.34. The highest BCUT2D eigenvalue weighted by Crippen LogP contribution is 2.08. The number of nitrogens with zero attached hydrogens (tertiary/aromatic N) is 1. The molecule has 0 aromatic carbocycles. The number of carbonyl (C=O) groups is 1. The first-order valence-electron chi connectivity index (χ1n) is 7.25. The lowest BCUT2D eigenvalue weighted by atomic mass is 10.1. The Morgan fingerprint density at radius 3 is 2.78 bits per heavy atom. The van der Waals surface area contributed by atoms with E-state index in [2.05, 4.69) is 26.1 Å². The van der Waals surface area contributed by atoms with Gasteiger partial charge in [0.1, 0.15) is 0 Å². The van der Waals surface area contributed by atoms with Crippen LogP contribution >= 0.6 is 0 Å². The van der Waals surface area contributed by atoms with Gasteiger partial charge in [-0.15, -0.1) is 0 Å². The predicted molar refractivity (Wildman–Crippen MR) is 73.6 cm³/mol. The molecule has 1 unspecified atom stereocenters. The third kappa shape index (κ3) is 5.36. The fourth-order valence-electron chi connectivity index (χ4n) is 2.28. The molecule has 0 radical (unpaired) electrons. The van der Waals surface area contributed by atoms with Crippen molar-refractivity contribution in [3.05, 3.63) is 0 Å². The third-order valence-electron chi connectivity index (χ3n) is 3.37. The Kier molecular flexibility index (Phi) is 7.28. The molecule has 1 rings (SSSR count). The molecule has 0 aromatic rings. The lowest BCUT2D eigenvalue weighted by molar-refractivity contribution is -0.134. The Labute approximate surface area is 111 Å². The molecular weight excluding hydrogens is 228 g/mol. The van der Waals surface area contributed by atoms with E-state index in [-0.39, 0.29) is 11.9 Å². The molecule has 1 aliphatic heterocycles. The Morgan fingerprint density at radius 1 is 1.44 bits per heavy atom. The highest BCUT2D eigenvalue weighted by molar-refractivity contribution is 5.77. The van der Waals surface area contributed by atoms with Crippen LogP contribution in [-0.4, -0.2) is 49.2 Å². The predicted octanol–water partition coefficient (Wildman–Crippen LogP) is 1.79. The number of unbranched alkanes of at least 4 members (excludes halogenated alkanes) is 2. The number of hydrogen-bond acceptors (Lipinski definition) is 3. The van der Waals surface area contributed by atoms with Crippen LogP contribution in [0.4, 0.5) is 0 Å². The average Bonchev–Trinajstić information content (AvgIpc) is 2.35. The molecule has 1 heterocycles. The minimum atomic E-state index is 0.193. The molecule has 1 atom stereocenters. The van der Waals surface area contributed by atoms with Crippen LogP contribution in [0.15, 0.2) is 0 Å². The number of morpholine rings is 1. The number of hydrogen-bond donors (Lipinski definition) is 1. The van der Waals surface area contributed by atoms with Crippen molar-refractivity contribution in [1.29, 1.82) is 0 Å². The van der Waals surface area contributed by atoms with Gasteiger partial charge in [0, 0.05) is 31.6 Å². The van der Waals surface area contributed by atoms with Crippen LogP contribution in [0.5, 0.6) is 0 Å². The number of rotatable bonds is 7. The quantitative estimate of drug-likeness (QED) is 0.706. The van der Waals surface area contributed by atoms with Crippen LogP contribution in [0.2, 0.25) is 0 Å². The van der Waals surface area contributed by atoms with Crippen molar-refractivity contribution in [3.8, 4) is 0 Å². The minimum absolute atomic E-state index is 0.193. The van der Waals surface area contributed by atoms with Gasteiger partial charge in [-0.2, -0.15) is 0 Å². The molecule has 4 nitrogen and oxygen atoms in total. The topological polar surface area (TPSA) is 41.6 Å². The molecule has 106 valence electrons. The summed E-state index contributed by atoms with van der Waals surface area (Å²) in [4.78, 5) is 14.3. The van der Waals surface area contributed by atoms with E-state index in [1.165, 1.54) is 12.8 Å². The fourth-order valence-corrected chi connectivity index (χ4v) is 2.28. The monoisotopic (exact) mass is 256 g/mol. The molecule has 0 spiro atoms. The second-order valence-electron chi connectivity index (χ2n) is 5.32. The van der Waals surface area contributed by atoms with Crippen LogP contribution in [0.25, 0.3) is 0 Å². The van der Waals surface area contributed by atoms with E-state index in [1.807, 2.05) is 4.90 Å². The molecule has 1 N–H and O–H groups in total. The fraction of sp³-hybridized carbons (Fsp3) is 0.929. The van der Waals surface area contributed by atoms with Crippen LogP contribution in [0, 0.1) is 0 Å². The van der Waals surface area contributed by atoms with E-state index in [9.17, 15) is 4.79 Å². The molecule has 1 amide bonds. The lowest BCUT2D eigenvalue weighted by Gasteiger charge is -2.30. The maximum atomic E-state index is 12.3. The summed E-state index contributed by atoms with van der Waals surface area (Å²) in [6.07, 6.45) is 4.05. The van der Waals surface area contributed by atoms with Crippen molar-refractivity contribution < 1.29 is 9.53 Å². The second kappa shape index (κ2) is 8.48. The molecule has 1 saturated heterocycles. The van der Waals surface area contributed by atoms with Crippen molar-refractivity contribution in [2.45, 2.75) is 58.5 Å². The van der Waals surface area contributed by atoms with Crippen LogP contribution < -0.4 is 5.32 Å². The first-order valence-corrected chi connectivity index (χ1v) is 7.25. The van der Waals surface area contributed by atoms with Gasteiger partial charge in [0.05, 0.1) is 13.2 Å². The third-order valence-corrected chi connectivity index (χ3v) is 3.37. The zero-order valence-electron chi connectivity index (χ0n) is 12.1. The van der Waals surface area contributed by atoms with Crippen LogP contribution in [0.1, 0.15) is 46.5 Å². The normalized spacial score (nSPS) is 20.1. The molecule has 0 bridgehead atoms. The Balaban J connectivity index is 2.37. The van der Waals surface area contributed by atoms with Gasteiger partial charge >= 0.3 is 0 Å². The molecular formula is C14H28N2O2. The standard InChI is InChI=1S/C14H28N2O2/c1-4-5-6-8-16(12(2)3)14(17)10-13-11-18-9-7-15-13/h12-13,15H,4-11H2,1-3H3. The molecule has 0 saturated carbocycles. The summed E-state index contributed by atoms with van der Waals surface area (Å²) in [5.41, 5.74) is 0. The zero-order chi connectivity index (χ0) is 13.4. The second-order valence-corrected chi connectivity index (χ2v) is 5.32. The van der Waals surface area contributed by atoms with Crippen molar-refractivity contribution in [2.75, 3.05) is 26.3 Å². The first kappa shape index (κ1) is 15.4. The van der Waals surface area contributed by atoms with Gasteiger partial charge in [-0.25, -0.2) is 0 Å². The minimum Gasteiger partial charge on any atom is -0.378 e. The SMILES string of the molecule is CCCCCN(C(=O)CC1COCCN1)C(C)C. The number of ether oxygens (including phenoxy) is 1. The van der Waals surface area contributed by atoms with E-state index in [0.29, 0.717) is 19.1 Å². The van der Waals surface area contributed by atoms with Crippen molar-refractivity contribution in [1.82, 2.24) is 10.2 Å². The van der Waals surface area contributed by atoms with Gasteiger partial charge in [-0.3, -0.25) is 4.79 Å².